The standard InChI is InChI=1S/C15H17Br2NS/c1-3-18-13(14-7-10(2)15(17)19-14)9-11-5-4-6-12(16)8-11/h4-8,13,18H,3,9H2,1-2H3. The van der Waals surface area contributed by atoms with Gasteiger partial charge < -0.3 is 5.32 Å². The van der Waals surface area contributed by atoms with Gasteiger partial charge in [-0.1, -0.05) is 35.0 Å². The normalized spacial score (nSPS) is 12.6. The van der Waals surface area contributed by atoms with Crippen LogP contribution in [0.15, 0.2) is 38.6 Å². The van der Waals surface area contributed by atoms with Crippen molar-refractivity contribution in [3.8, 4) is 0 Å². The van der Waals surface area contributed by atoms with Crippen molar-refractivity contribution >= 4 is 43.2 Å². The fourth-order valence-corrected chi connectivity index (χ4v) is 4.17. The zero-order valence-corrected chi connectivity index (χ0v) is 15.0. The Morgan fingerprint density at radius 1 is 1.26 bits per heavy atom. The Morgan fingerprint density at radius 2 is 2.05 bits per heavy atom. The molecule has 0 fully saturated rings. The average molecular weight is 403 g/mol. The molecule has 0 aliphatic rings. The van der Waals surface area contributed by atoms with Crippen molar-refractivity contribution in [3.05, 3.63) is 54.6 Å². The minimum Gasteiger partial charge on any atom is -0.309 e. The van der Waals surface area contributed by atoms with Gasteiger partial charge in [-0.05, 0) is 65.1 Å². The number of rotatable bonds is 5. The number of aryl methyl sites for hydroxylation is 1. The summed E-state index contributed by atoms with van der Waals surface area (Å²) in [7, 11) is 0. The van der Waals surface area contributed by atoms with Gasteiger partial charge in [-0.15, -0.1) is 11.3 Å². The molecule has 19 heavy (non-hydrogen) atoms. The minimum atomic E-state index is 0.384. The Hall–Kier alpha value is -0.160. The van der Waals surface area contributed by atoms with Crippen molar-refractivity contribution in [1.82, 2.24) is 5.32 Å². The Kier molecular flexibility index (Phi) is 5.63. The van der Waals surface area contributed by atoms with Crippen LogP contribution in [0.3, 0.4) is 0 Å². The molecule has 102 valence electrons. The zero-order chi connectivity index (χ0) is 13.8. The lowest BCUT2D eigenvalue weighted by Gasteiger charge is -2.16. The van der Waals surface area contributed by atoms with E-state index in [-0.39, 0.29) is 0 Å². The van der Waals surface area contributed by atoms with Gasteiger partial charge in [-0.2, -0.15) is 0 Å². The van der Waals surface area contributed by atoms with Crippen LogP contribution < -0.4 is 5.32 Å². The summed E-state index contributed by atoms with van der Waals surface area (Å²) in [6, 6.07) is 11.2. The van der Waals surface area contributed by atoms with Gasteiger partial charge in [0, 0.05) is 15.4 Å². The first-order chi connectivity index (χ1) is 9.10. The largest absolute Gasteiger partial charge is 0.309 e. The van der Waals surface area contributed by atoms with Crippen LogP contribution in [-0.2, 0) is 6.42 Å². The molecule has 1 unspecified atom stereocenters. The zero-order valence-electron chi connectivity index (χ0n) is 11.0. The van der Waals surface area contributed by atoms with E-state index in [9.17, 15) is 0 Å². The van der Waals surface area contributed by atoms with Crippen molar-refractivity contribution in [3.63, 3.8) is 0 Å². The second-order valence-electron chi connectivity index (χ2n) is 4.55. The molecule has 1 N–H and O–H groups in total. The first kappa shape index (κ1) is 15.2. The maximum Gasteiger partial charge on any atom is 0.0731 e. The fourth-order valence-electron chi connectivity index (χ4n) is 2.07. The van der Waals surface area contributed by atoms with Crippen LogP contribution in [0.4, 0.5) is 0 Å². The van der Waals surface area contributed by atoms with E-state index in [1.807, 2.05) is 11.3 Å². The van der Waals surface area contributed by atoms with Crippen LogP contribution in [0, 0.1) is 6.92 Å². The summed E-state index contributed by atoms with van der Waals surface area (Å²) in [6.07, 6.45) is 1.01. The molecule has 1 aromatic heterocycles. The Balaban J connectivity index is 2.20. The molecule has 1 nitrogen and oxygen atoms in total. The van der Waals surface area contributed by atoms with Crippen LogP contribution in [0.25, 0.3) is 0 Å². The maximum absolute atomic E-state index is 3.62. The fraction of sp³-hybridized carbons (Fsp3) is 0.333. The van der Waals surface area contributed by atoms with E-state index in [4.69, 9.17) is 0 Å². The van der Waals surface area contributed by atoms with E-state index in [1.54, 1.807) is 0 Å². The lowest BCUT2D eigenvalue weighted by molar-refractivity contribution is 0.558. The number of nitrogens with one attached hydrogen (secondary N) is 1. The lowest BCUT2D eigenvalue weighted by atomic mass is 10.0. The van der Waals surface area contributed by atoms with Gasteiger partial charge in [0.2, 0.25) is 0 Å². The number of benzene rings is 1. The second-order valence-corrected chi connectivity index (χ2v) is 7.87. The monoisotopic (exact) mass is 401 g/mol. The second kappa shape index (κ2) is 7.02. The smallest absolute Gasteiger partial charge is 0.0731 e. The van der Waals surface area contributed by atoms with E-state index >= 15 is 0 Å². The predicted octanol–water partition coefficient (Wildman–Crippen LogP) is 5.47. The number of hydrogen-bond acceptors (Lipinski definition) is 2. The maximum atomic E-state index is 3.62. The summed E-state index contributed by atoms with van der Waals surface area (Å²) >= 11 is 8.98. The molecule has 4 heteroatoms. The van der Waals surface area contributed by atoms with Gasteiger partial charge >= 0.3 is 0 Å². The van der Waals surface area contributed by atoms with Crippen LogP contribution in [0.1, 0.15) is 29.0 Å². The molecule has 0 aliphatic carbocycles. The number of thiophene rings is 1. The highest BCUT2D eigenvalue weighted by atomic mass is 79.9. The molecule has 1 atom stereocenters. The van der Waals surface area contributed by atoms with Crippen molar-refractivity contribution in [2.75, 3.05) is 6.54 Å². The van der Waals surface area contributed by atoms with Crippen molar-refractivity contribution in [2.24, 2.45) is 0 Å². The predicted molar refractivity (Wildman–Crippen MR) is 91.0 cm³/mol. The van der Waals surface area contributed by atoms with Gasteiger partial charge in [-0.25, -0.2) is 0 Å². The molecule has 1 heterocycles. The van der Waals surface area contributed by atoms with Gasteiger partial charge in [0.05, 0.1) is 3.79 Å². The quantitative estimate of drug-likeness (QED) is 0.698. The topological polar surface area (TPSA) is 12.0 Å². The summed E-state index contributed by atoms with van der Waals surface area (Å²) in [6.45, 7) is 5.28. The minimum absolute atomic E-state index is 0.384. The molecule has 0 bridgehead atoms. The van der Waals surface area contributed by atoms with E-state index in [0.717, 1.165) is 17.4 Å². The molecule has 0 saturated heterocycles. The molecular formula is C15H17Br2NS. The van der Waals surface area contributed by atoms with E-state index in [0.29, 0.717) is 6.04 Å². The van der Waals surface area contributed by atoms with E-state index in [2.05, 4.69) is 81.4 Å². The van der Waals surface area contributed by atoms with Crippen molar-refractivity contribution in [1.29, 1.82) is 0 Å². The van der Waals surface area contributed by atoms with Crippen LogP contribution in [-0.4, -0.2) is 6.54 Å². The summed E-state index contributed by atoms with van der Waals surface area (Å²) in [4.78, 5) is 1.39. The van der Waals surface area contributed by atoms with Crippen molar-refractivity contribution in [2.45, 2.75) is 26.3 Å². The van der Waals surface area contributed by atoms with Crippen LogP contribution in [0.5, 0.6) is 0 Å². The lowest BCUT2D eigenvalue weighted by Crippen LogP contribution is -2.22. The Bertz CT molecular complexity index is 531. The van der Waals surface area contributed by atoms with Crippen molar-refractivity contribution < 1.29 is 0 Å². The number of halogens is 2. The first-order valence-electron chi connectivity index (χ1n) is 6.33. The molecule has 1 aromatic carbocycles. The van der Waals surface area contributed by atoms with Gasteiger partial charge in [0.15, 0.2) is 0 Å². The summed E-state index contributed by atoms with van der Waals surface area (Å²) in [5, 5.41) is 3.58. The summed E-state index contributed by atoms with van der Waals surface area (Å²) in [5.41, 5.74) is 2.67. The van der Waals surface area contributed by atoms with Gasteiger partial charge in [-0.3, -0.25) is 0 Å². The third-order valence-electron chi connectivity index (χ3n) is 3.00. The molecule has 2 rings (SSSR count). The summed E-state index contributed by atoms with van der Waals surface area (Å²) in [5.74, 6) is 0. The van der Waals surface area contributed by atoms with Crippen LogP contribution in [0.2, 0.25) is 0 Å². The SMILES string of the molecule is CCNC(Cc1cccc(Br)c1)c1cc(C)c(Br)s1. The first-order valence-corrected chi connectivity index (χ1v) is 8.74. The van der Waals surface area contributed by atoms with E-state index < -0.39 is 0 Å². The molecule has 0 aliphatic heterocycles. The van der Waals surface area contributed by atoms with Gasteiger partial charge in [0.25, 0.3) is 0 Å². The molecule has 0 amide bonds. The number of likely N-dealkylation sites (N-methyl/N-ethyl adjacent to an activating group) is 1. The third kappa shape index (κ3) is 4.15. The molecular weight excluding hydrogens is 386 g/mol. The van der Waals surface area contributed by atoms with Crippen LogP contribution >= 0.6 is 43.2 Å². The molecule has 0 spiro atoms. The number of hydrogen-bond donors (Lipinski definition) is 1. The molecule has 0 radical (unpaired) electrons. The third-order valence-corrected chi connectivity index (χ3v) is 5.74. The highest BCUT2D eigenvalue weighted by Crippen LogP contribution is 2.33. The molecule has 2 aromatic rings. The highest BCUT2D eigenvalue weighted by molar-refractivity contribution is 9.11. The highest BCUT2D eigenvalue weighted by Gasteiger charge is 2.15. The van der Waals surface area contributed by atoms with E-state index in [1.165, 1.54) is 19.8 Å². The van der Waals surface area contributed by atoms with Gasteiger partial charge in [0.1, 0.15) is 0 Å². The Morgan fingerprint density at radius 3 is 2.63 bits per heavy atom. The Labute approximate surface area is 135 Å². The average Bonchev–Trinajstić information content (AvgIpc) is 2.69. The summed E-state index contributed by atoms with van der Waals surface area (Å²) < 4.78 is 2.38. The molecule has 0 saturated carbocycles.